The van der Waals surface area contributed by atoms with Crippen molar-refractivity contribution < 1.29 is 4.79 Å². The van der Waals surface area contributed by atoms with Crippen LogP contribution in [0.1, 0.15) is 25.0 Å². The average molecular weight is 485 g/mol. The van der Waals surface area contributed by atoms with E-state index in [2.05, 4.69) is 24.1 Å². The van der Waals surface area contributed by atoms with E-state index in [1.54, 1.807) is 30.5 Å². The van der Waals surface area contributed by atoms with Crippen LogP contribution in [0.3, 0.4) is 0 Å². The van der Waals surface area contributed by atoms with Gasteiger partial charge >= 0.3 is 0 Å². The first-order valence-electron chi connectivity index (χ1n) is 10.1. The van der Waals surface area contributed by atoms with Crippen LogP contribution in [-0.2, 0) is 11.3 Å². The molecule has 0 saturated carbocycles. The number of benzene rings is 1. The highest BCUT2D eigenvalue weighted by atomic mass is 35.5. The molecule has 3 heterocycles. The Morgan fingerprint density at radius 1 is 1.19 bits per heavy atom. The fourth-order valence-electron chi connectivity index (χ4n) is 3.23. The summed E-state index contributed by atoms with van der Waals surface area (Å²) in [7, 11) is 0. The molecule has 3 aromatic rings. The average Bonchev–Trinajstić information content (AvgIpc) is 3.03. The van der Waals surface area contributed by atoms with Crippen LogP contribution in [0.4, 0.5) is 5.82 Å². The fourth-order valence-corrected chi connectivity index (χ4v) is 4.67. The number of anilines is 1. The van der Waals surface area contributed by atoms with Crippen molar-refractivity contribution in [3.05, 3.63) is 80.1 Å². The number of nitrogens with one attached hydrogen (secondary N) is 1. The van der Waals surface area contributed by atoms with Gasteiger partial charge in [-0.3, -0.25) is 18.9 Å². The van der Waals surface area contributed by atoms with Gasteiger partial charge in [-0.05, 0) is 35.8 Å². The van der Waals surface area contributed by atoms with E-state index in [1.807, 2.05) is 24.3 Å². The smallest absolute Gasteiger partial charge is 0.267 e. The highest BCUT2D eigenvalue weighted by Gasteiger charge is 2.33. The highest BCUT2D eigenvalue weighted by molar-refractivity contribution is 8.26. The number of amides is 1. The Kier molecular flexibility index (Phi) is 6.64. The summed E-state index contributed by atoms with van der Waals surface area (Å²) in [6.45, 7) is 5.06. The molecular weight excluding hydrogens is 464 g/mol. The SMILES string of the molecule is CC(C)CNc1nc2ccccn2c(=O)c1C=C1SC(=S)N(Cc2ccccc2Cl)C1=O. The standard InChI is InChI=1S/C23H21ClN4O2S2/c1-14(2)12-25-20-16(21(29)27-10-6-5-9-19(27)26-20)11-18-22(30)28(23(31)32-18)13-15-7-3-4-8-17(15)24/h3-11,14,25H,12-13H2,1-2H3. The van der Waals surface area contributed by atoms with Crippen molar-refractivity contribution in [2.24, 2.45) is 5.92 Å². The van der Waals surface area contributed by atoms with E-state index < -0.39 is 0 Å². The molecule has 32 heavy (non-hydrogen) atoms. The van der Waals surface area contributed by atoms with Gasteiger partial charge in [0.2, 0.25) is 0 Å². The van der Waals surface area contributed by atoms with Crippen LogP contribution in [-0.4, -0.2) is 31.1 Å². The van der Waals surface area contributed by atoms with Gasteiger partial charge in [-0.15, -0.1) is 0 Å². The Morgan fingerprint density at radius 3 is 2.69 bits per heavy atom. The van der Waals surface area contributed by atoms with Crippen molar-refractivity contribution in [2.45, 2.75) is 20.4 Å². The Hall–Kier alpha value is -2.68. The first-order chi connectivity index (χ1) is 15.3. The minimum absolute atomic E-state index is 0.252. The van der Waals surface area contributed by atoms with Crippen molar-refractivity contribution in [1.82, 2.24) is 14.3 Å². The van der Waals surface area contributed by atoms with Gasteiger partial charge in [-0.25, -0.2) is 4.98 Å². The third-order valence-corrected chi connectivity index (χ3v) is 6.63. The number of rotatable bonds is 6. The minimum Gasteiger partial charge on any atom is -0.369 e. The number of nitrogens with zero attached hydrogens (tertiary/aromatic N) is 3. The van der Waals surface area contributed by atoms with Crippen LogP contribution in [0.5, 0.6) is 0 Å². The lowest BCUT2D eigenvalue weighted by molar-refractivity contribution is -0.122. The normalized spacial score (nSPS) is 15.4. The Morgan fingerprint density at radius 2 is 1.94 bits per heavy atom. The van der Waals surface area contributed by atoms with Crippen LogP contribution >= 0.6 is 35.6 Å². The predicted octanol–water partition coefficient (Wildman–Crippen LogP) is 4.82. The molecule has 1 saturated heterocycles. The van der Waals surface area contributed by atoms with Gasteiger partial charge in [0.15, 0.2) is 0 Å². The summed E-state index contributed by atoms with van der Waals surface area (Å²) in [5.74, 6) is 0.547. The second-order valence-corrected chi connectivity index (χ2v) is 9.83. The molecule has 9 heteroatoms. The maximum Gasteiger partial charge on any atom is 0.267 e. The maximum atomic E-state index is 13.2. The summed E-state index contributed by atoms with van der Waals surface area (Å²) >= 11 is 12.9. The summed E-state index contributed by atoms with van der Waals surface area (Å²) in [6, 6.07) is 12.7. The van der Waals surface area contributed by atoms with E-state index in [0.29, 0.717) is 43.7 Å². The zero-order chi connectivity index (χ0) is 22.8. The first kappa shape index (κ1) is 22.5. The molecule has 1 aromatic carbocycles. The van der Waals surface area contributed by atoms with E-state index in [0.717, 1.165) is 5.56 Å². The Labute approximate surface area is 200 Å². The minimum atomic E-state index is -0.257. The number of pyridine rings is 1. The van der Waals surface area contributed by atoms with Gasteiger partial charge in [-0.2, -0.15) is 0 Å². The van der Waals surface area contributed by atoms with Gasteiger partial charge < -0.3 is 5.32 Å². The van der Waals surface area contributed by atoms with Crippen molar-refractivity contribution in [1.29, 1.82) is 0 Å². The molecule has 0 aliphatic carbocycles. The zero-order valence-electron chi connectivity index (χ0n) is 17.5. The summed E-state index contributed by atoms with van der Waals surface area (Å²) in [4.78, 5) is 32.9. The van der Waals surface area contributed by atoms with Crippen LogP contribution in [0.15, 0.2) is 58.4 Å². The van der Waals surface area contributed by atoms with Crippen LogP contribution in [0.25, 0.3) is 11.7 Å². The van der Waals surface area contributed by atoms with Crippen molar-refractivity contribution >= 4 is 63.3 Å². The fraction of sp³-hybridized carbons (Fsp3) is 0.217. The molecule has 0 spiro atoms. The highest BCUT2D eigenvalue weighted by Crippen LogP contribution is 2.34. The van der Waals surface area contributed by atoms with E-state index in [9.17, 15) is 9.59 Å². The molecule has 0 atom stereocenters. The summed E-state index contributed by atoms with van der Waals surface area (Å²) < 4.78 is 1.89. The largest absolute Gasteiger partial charge is 0.369 e. The number of carbonyl (C=O) groups is 1. The van der Waals surface area contributed by atoms with Crippen LogP contribution < -0.4 is 10.9 Å². The summed E-state index contributed by atoms with van der Waals surface area (Å²) in [5, 5.41) is 3.82. The van der Waals surface area contributed by atoms with Crippen molar-refractivity contribution in [3.63, 3.8) is 0 Å². The molecule has 6 nitrogen and oxygen atoms in total. The number of thiocarbonyl (C=S) groups is 1. The molecule has 0 bridgehead atoms. The second kappa shape index (κ2) is 9.44. The molecule has 1 aliphatic rings. The van der Waals surface area contributed by atoms with E-state index in [4.69, 9.17) is 23.8 Å². The summed E-state index contributed by atoms with van der Waals surface area (Å²) in [5.41, 5.74) is 1.41. The number of hydrogen-bond donors (Lipinski definition) is 1. The molecule has 1 amide bonds. The van der Waals surface area contributed by atoms with Gasteiger partial charge in [0.05, 0.1) is 17.0 Å². The molecule has 164 valence electrons. The predicted molar refractivity (Wildman–Crippen MR) is 135 cm³/mol. The lowest BCUT2D eigenvalue weighted by Crippen LogP contribution is -2.27. The lowest BCUT2D eigenvalue weighted by atomic mass is 10.2. The first-order valence-corrected chi connectivity index (χ1v) is 11.7. The van der Waals surface area contributed by atoms with E-state index in [1.165, 1.54) is 21.1 Å². The number of aromatic nitrogens is 2. The molecule has 2 aromatic heterocycles. The van der Waals surface area contributed by atoms with Crippen LogP contribution in [0.2, 0.25) is 5.02 Å². The van der Waals surface area contributed by atoms with E-state index in [-0.39, 0.29) is 18.0 Å². The number of hydrogen-bond acceptors (Lipinski definition) is 6. The van der Waals surface area contributed by atoms with Crippen molar-refractivity contribution in [3.8, 4) is 0 Å². The number of halogens is 1. The molecule has 0 unspecified atom stereocenters. The molecule has 1 aliphatic heterocycles. The summed E-state index contributed by atoms with van der Waals surface area (Å²) in [6.07, 6.45) is 3.25. The maximum absolute atomic E-state index is 13.2. The second-order valence-electron chi connectivity index (χ2n) is 7.74. The molecule has 1 N–H and O–H groups in total. The quantitative estimate of drug-likeness (QED) is 0.400. The third kappa shape index (κ3) is 4.57. The topological polar surface area (TPSA) is 66.7 Å². The lowest BCUT2D eigenvalue weighted by Gasteiger charge is -2.15. The van der Waals surface area contributed by atoms with Gasteiger partial charge in [0, 0.05) is 17.8 Å². The van der Waals surface area contributed by atoms with Gasteiger partial charge in [0.25, 0.3) is 11.5 Å². The van der Waals surface area contributed by atoms with E-state index >= 15 is 0 Å². The van der Waals surface area contributed by atoms with Gasteiger partial charge in [0.1, 0.15) is 15.8 Å². The Balaban J connectivity index is 1.73. The molecule has 1 fully saturated rings. The van der Waals surface area contributed by atoms with Gasteiger partial charge in [-0.1, -0.05) is 73.7 Å². The molecule has 4 rings (SSSR count). The molecule has 0 radical (unpaired) electrons. The third-order valence-electron chi connectivity index (χ3n) is 4.88. The number of thioether (sulfide) groups is 1. The zero-order valence-corrected chi connectivity index (χ0v) is 19.9. The molecular formula is C23H21ClN4O2S2. The monoisotopic (exact) mass is 484 g/mol. The number of carbonyl (C=O) groups excluding carboxylic acids is 1. The van der Waals surface area contributed by atoms with Crippen molar-refractivity contribution in [2.75, 3.05) is 11.9 Å². The van der Waals surface area contributed by atoms with Crippen LogP contribution in [0, 0.1) is 5.92 Å². The Bertz CT molecular complexity index is 1300. The number of fused-ring (bicyclic) bond motifs is 1.